The van der Waals surface area contributed by atoms with Crippen LogP contribution < -0.4 is 0 Å². The van der Waals surface area contributed by atoms with Crippen molar-refractivity contribution in [3.63, 3.8) is 0 Å². The van der Waals surface area contributed by atoms with Gasteiger partial charge in [0, 0.05) is 16.5 Å². The second-order valence-corrected chi connectivity index (χ2v) is 7.60. The van der Waals surface area contributed by atoms with Crippen LogP contribution in [0.5, 0.6) is 0 Å². The molecule has 3 rings (SSSR count). The summed E-state index contributed by atoms with van der Waals surface area (Å²) in [5, 5.41) is 9.73. The van der Waals surface area contributed by atoms with Gasteiger partial charge in [-0.25, -0.2) is 9.18 Å². The van der Waals surface area contributed by atoms with Gasteiger partial charge in [0.1, 0.15) is 5.82 Å². The fraction of sp³-hybridized carbons (Fsp3) is 0.182. The predicted octanol–water partition coefficient (Wildman–Crippen LogP) is 6.06. The van der Waals surface area contributed by atoms with Crippen LogP contribution in [-0.2, 0) is 6.42 Å². The zero-order chi connectivity index (χ0) is 19.6. The second kappa shape index (κ2) is 8.01. The molecule has 0 amide bonds. The van der Waals surface area contributed by atoms with Crippen LogP contribution in [0.4, 0.5) is 4.39 Å². The smallest absolute Gasteiger partial charge is 0.337 e. The van der Waals surface area contributed by atoms with Crippen LogP contribution in [0.15, 0.2) is 59.1 Å². The van der Waals surface area contributed by atoms with Gasteiger partial charge in [-0.2, -0.15) is 0 Å². The van der Waals surface area contributed by atoms with Crippen LogP contribution >= 0.6 is 15.9 Å². The van der Waals surface area contributed by atoms with Crippen LogP contribution in [0.25, 0.3) is 11.1 Å². The number of carboxylic acids is 1. The minimum atomic E-state index is -1.02. The van der Waals surface area contributed by atoms with Crippen LogP contribution in [0, 0.1) is 5.82 Å². The molecule has 0 saturated heterocycles. The molecule has 0 aliphatic carbocycles. The Labute approximate surface area is 166 Å². The largest absolute Gasteiger partial charge is 0.478 e. The lowest BCUT2D eigenvalue weighted by Gasteiger charge is -2.16. The second-order valence-electron chi connectivity index (χ2n) is 6.69. The van der Waals surface area contributed by atoms with E-state index >= 15 is 0 Å². The summed E-state index contributed by atoms with van der Waals surface area (Å²) < 4.78 is 14.1. The van der Waals surface area contributed by atoms with Crippen molar-refractivity contribution in [1.29, 1.82) is 0 Å². The van der Waals surface area contributed by atoms with E-state index in [2.05, 4.69) is 15.9 Å². The molecule has 0 saturated carbocycles. The third-order valence-corrected chi connectivity index (χ3v) is 4.88. The average molecular weight is 428 g/mol. The molecule has 0 atom stereocenters. The maximum absolute atomic E-state index is 13.2. The van der Waals surface area contributed by atoms with Gasteiger partial charge < -0.3 is 5.11 Å². The number of benzene rings is 2. The van der Waals surface area contributed by atoms with Crippen molar-refractivity contribution in [2.24, 2.45) is 0 Å². The highest BCUT2D eigenvalue weighted by atomic mass is 79.9. The van der Waals surface area contributed by atoms with Crippen molar-refractivity contribution < 1.29 is 14.3 Å². The Balaban J connectivity index is 2.13. The van der Waals surface area contributed by atoms with E-state index in [0.717, 1.165) is 26.9 Å². The van der Waals surface area contributed by atoms with Crippen molar-refractivity contribution in [2.75, 3.05) is 0 Å². The molecule has 0 aliphatic heterocycles. The molecule has 2 aromatic carbocycles. The van der Waals surface area contributed by atoms with E-state index in [-0.39, 0.29) is 17.3 Å². The van der Waals surface area contributed by atoms with E-state index in [0.29, 0.717) is 12.1 Å². The fourth-order valence-electron chi connectivity index (χ4n) is 2.98. The number of rotatable bonds is 5. The van der Waals surface area contributed by atoms with Crippen LogP contribution in [-0.4, -0.2) is 16.1 Å². The van der Waals surface area contributed by atoms with Crippen molar-refractivity contribution >= 4 is 21.9 Å². The summed E-state index contributed by atoms with van der Waals surface area (Å²) in [5.41, 5.74) is 4.06. The number of carboxylic acid groups (broad SMARTS) is 1. The first-order valence-corrected chi connectivity index (χ1v) is 9.42. The fourth-order valence-corrected chi connectivity index (χ4v) is 3.25. The lowest BCUT2D eigenvalue weighted by atomic mass is 9.93. The number of halogens is 2. The summed E-state index contributed by atoms with van der Waals surface area (Å²) in [5.74, 6) is -1.22. The van der Waals surface area contributed by atoms with Crippen molar-refractivity contribution in [3.05, 3.63) is 87.4 Å². The zero-order valence-electron chi connectivity index (χ0n) is 15.0. The summed E-state index contributed by atoms with van der Waals surface area (Å²) in [7, 11) is 0. The van der Waals surface area contributed by atoms with Crippen molar-refractivity contribution in [1.82, 2.24) is 4.98 Å². The molecule has 1 heterocycles. The van der Waals surface area contributed by atoms with E-state index in [9.17, 15) is 14.3 Å². The van der Waals surface area contributed by atoms with Crippen LogP contribution in [0.1, 0.15) is 47.1 Å². The van der Waals surface area contributed by atoms with Gasteiger partial charge in [-0.1, -0.05) is 54.0 Å². The average Bonchev–Trinajstić information content (AvgIpc) is 2.63. The Bertz CT molecular complexity index is 967. The van der Waals surface area contributed by atoms with E-state index in [4.69, 9.17) is 4.98 Å². The minimum Gasteiger partial charge on any atom is -0.478 e. The quantitative estimate of drug-likeness (QED) is 0.537. The highest BCUT2D eigenvalue weighted by molar-refractivity contribution is 9.10. The highest BCUT2D eigenvalue weighted by Crippen LogP contribution is 2.31. The van der Waals surface area contributed by atoms with Gasteiger partial charge in [0.15, 0.2) is 0 Å². The van der Waals surface area contributed by atoms with Gasteiger partial charge in [0.05, 0.1) is 17.0 Å². The van der Waals surface area contributed by atoms with Crippen LogP contribution in [0.3, 0.4) is 0 Å². The van der Waals surface area contributed by atoms with Gasteiger partial charge in [-0.05, 0) is 47.4 Å². The first-order chi connectivity index (χ1) is 12.8. The first kappa shape index (κ1) is 19.2. The molecule has 27 heavy (non-hydrogen) atoms. The lowest BCUT2D eigenvalue weighted by molar-refractivity contribution is 0.0695. The molecular formula is C22H19BrFNO2. The number of carbonyl (C=O) groups is 1. The molecule has 1 N–H and O–H groups in total. The maximum atomic E-state index is 13.2. The summed E-state index contributed by atoms with van der Waals surface area (Å²) in [6.07, 6.45) is 0.336. The summed E-state index contributed by atoms with van der Waals surface area (Å²) in [6, 6.07) is 15.5. The Morgan fingerprint density at radius 1 is 1.11 bits per heavy atom. The third-order valence-electron chi connectivity index (χ3n) is 4.35. The molecule has 0 spiro atoms. The highest BCUT2D eigenvalue weighted by Gasteiger charge is 2.19. The molecule has 138 valence electrons. The molecule has 0 aliphatic rings. The third kappa shape index (κ3) is 4.42. The Kier molecular flexibility index (Phi) is 5.71. The van der Waals surface area contributed by atoms with Crippen molar-refractivity contribution in [2.45, 2.75) is 26.2 Å². The van der Waals surface area contributed by atoms with E-state index < -0.39 is 5.97 Å². The number of pyridine rings is 1. The molecule has 3 nitrogen and oxygen atoms in total. The van der Waals surface area contributed by atoms with Gasteiger partial charge >= 0.3 is 5.97 Å². The van der Waals surface area contributed by atoms with Gasteiger partial charge in [-0.3, -0.25) is 4.98 Å². The van der Waals surface area contributed by atoms with Gasteiger partial charge in [0.25, 0.3) is 0 Å². The molecular weight excluding hydrogens is 409 g/mol. The van der Waals surface area contributed by atoms with Crippen LogP contribution in [0.2, 0.25) is 0 Å². The Morgan fingerprint density at radius 2 is 1.74 bits per heavy atom. The molecule has 0 unspecified atom stereocenters. The van der Waals surface area contributed by atoms with Crippen molar-refractivity contribution in [3.8, 4) is 11.1 Å². The number of hydrogen-bond donors (Lipinski definition) is 1. The standard InChI is InChI=1S/C22H19BrFNO2/c1-13(2)21-18(15-5-7-16(23)8-6-15)12-19(22(26)27)20(25-21)11-14-3-9-17(24)10-4-14/h3-10,12-13H,11H2,1-2H3,(H,26,27). The minimum absolute atomic E-state index is 0.124. The van der Waals surface area contributed by atoms with E-state index in [1.807, 2.05) is 38.1 Å². The lowest BCUT2D eigenvalue weighted by Crippen LogP contribution is -2.10. The number of aromatic nitrogens is 1. The topological polar surface area (TPSA) is 50.2 Å². The number of hydrogen-bond acceptors (Lipinski definition) is 2. The molecule has 1 aromatic heterocycles. The summed E-state index contributed by atoms with van der Waals surface area (Å²) >= 11 is 3.42. The predicted molar refractivity (Wildman–Crippen MR) is 108 cm³/mol. The SMILES string of the molecule is CC(C)c1nc(Cc2ccc(F)cc2)c(C(=O)O)cc1-c1ccc(Br)cc1. The van der Waals surface area contributed by atoms with E-state index in [1.165, 1.54) is 12.1 Å². The molecule has 3 aromatic rings. The molecule has 0 fully saturated rings. The Hall–Kier alpha value is -2.53. The summed E-state index contributed by atoms with van der Waals surface area (Å²) in [4.78, 5) is 16.6. The monoisotopic (exact) mass is 427 g/mol. The molecule has 5 heteroatoms. The zero-order valence-corrected chi connectivity index (χ0v) is 16.6. The van der Waals surface area contributed by atoms with E-state index in [1.54, 1.807) is 18.2 Å². The molecule has 0 radical (unpaired) electrons. The molecule has 0 bridgehead atoms. The Morgan fingerprint density at radius 3 is 2.30 bits per heavy atom. The number of nitrogens with zero attached hydrogens (tertiary/aromatic N) is 1. The maximum Gasteiger partial charge on any atom is 0.337 e. The normalized spacial score (nSPS) is 11.0. The first-order valence-electron chi connectivity index (χ1n) is 8.62. The van der Waals surface area contributed by atoms with Gasteiger partial charge in [0.2, 0.25) is 0 Å². The summed E-state index contributed by atoms with van der Waals surface area (Å²) in [6.45, 7) is 4.07. The van der Waals surface area contributed by atoms with Gasteiger partial charge in [-0.15, -0.1) is 0 Å². The number of aromatic carboxylic acids is 1.